The number of hydrogen-bond acceptors (Lipinski definition) is 3. The summed E-state index contributed by atoms with van der Waals surface area (Å²) < 4.78 is 38.9. The lowest BCUT2D eigenvalue weighted by Crippen LogP contribution is -2.08. The van der Waals surface area contributed by atoms with Crippen molar-refractivity contribution in [2.45, 2.75) is 18.5 Å². The lowest BCUT2D eigenvalue weighted by Gasteiger charge is -2.09. The fourth-order valence-electron chi connectivity index (χ4n) is 1.44. The van der Waals surface area contributed by atoms with Gasteiger partial charge in [0, 0.05) is 0 Å². The maximum absolute atomic E-state index is 12.6. The van der Waals surface area contributed by atoms with Gasteiger partial charge in [-0.05, 0) is 35.5 Å². The van der Waals surface area contributed by atoms with Gasteiger partial charge in [0.05, 0.1) is 16.6 Å². The van der Waals surface area contributed by atoms with Crippen LogP contribution in [0.2, 0.25) is 0 Å². The molecule has 4 nitrogen and oxygen atoms in total. The summed E-state index contributed by atoms with van der Waals surface area (Å²) in [6.45, 7) is 1.64. The number of nitrogens with zero attached hydrogens (tertiary/aromatic N) is 4. The molecule has 1 atom stereocenters. The highest BCUT2D eigenvalue weighted by molar-refractivity contribution is 6.20. The van der Waals surface area contributed by atoms with E-state index in [1.54, 1.807) is 6.92 Å². The van der Waals surface area contributed by atoms with Gasteiger partial charge >= 0.3 is 6.18 Å². The number of alkyl halides is 4. The summed E-state index contributed by atoms with van der Waals surface area (Å²) in [6, 6.07) is 4.73. The Labute approximate surface area is 105 Å². The van der Waals surface area contributed by atoms with E-state index in [1.165, 1.54) is 16.8 Å². The summed E-state index contributed by atoms with van der Waals surface area (Å²) in [6.07, 6.45) is -4.41. The second-order valence-corrected chi connectivity index (χ2v) is 4.27. The Morgan fingerprint density at radius 1 is 1.33 bits per heavy atom. The van der Waals surface area contributed by atoms with Crippen LogP contribution >= 0.6 is 11.6 Å². The first-order valence-electron chi connectivity index (χ1n) is 4.99. The molecule has 0 bridgehead atoms. The number of tetrazole rings is 1. The molecule has 2 aromatic rings. The summed E-state index contributed by atoms with van der Waals surface area (Å²) in [4.78, 5) is 0. The molecule has 1 aromatic carbocycles. The first-order chi connectivity index (χ1) is 8.39. The van der Waals surface area contributed by atoms with E-state index in [9.17, 15) is 13.2 Å². The number of rotatable bonds is 2. The smallest absolute Gasteiger partial charge is 0.196 e. The Morgan fingerprint density at radius 3 is 2.67 bits per heavy atom. The quantitative estimate of drug-likeness (QED) is 0.792. The zero-order chi connectivity index (χ0) is 13.3. The SMILES string of the molecule is CC(Cl)c1nnnn1-c1cccc(C(F)(F)F)c1. The number of hydrogen-bond donors (Lipinski definition) is 0. The Hall–Kier alpha value is -1.63. The molecule has 0 aliphatic carbocycles. The highest BCUT2D eigenvalue weighted by atomic mass is 35.5. The van der Waals surface area contributed by atoms with Gasteiger partial charge < -0.3 is 0 Å². The predicted molar refractivity (Wildman–Crippen MR) is 58.4 cm³/mol. The van der Waals surface area contributed by atoms with Gasteiger partial charge in [-0.15, -0.1) is 16.7 Å². The molecular formula is C10H8ClF3N4. The molecular weight excluding hydrogens is 269 g/mol. The minimum absolute atomic E-state index is 0.220. The molecule has 0 saturated heterocycles. The van der Waals surface area contributed by atoms with Crippen LogP contribution in [0.15, 0.2) is 24.3 Å². The average molecular weight is 277 g/mol. The Kier molecular flexibility index (Phi) is 3.25. The van der Waals surface area contributed by atoms with E-state index in [0.717, 1.165) is 12.1 Å². The maximum Gasteiger partial charge on any atom is 0.416 e. The van der Waals surface area contributed by atoms with E-state index < -0.39 is 17.1 Å². The van der Waals surface area contributed by atoms with Crippen LogP contribution in [0.5, 0.6) is 0 Å². The van der Waals surface area contributed by atoms with E-state index in [-0.39, 0.29) is 11.5 Å². The maximum atomic E-state index is 12.6. The largest absolute Gasteiger partial charge is 0.416 e. The molecule has 0 spiro atoms. The second kappa shape index (κ2) is 4.56. The molecule has 96 valence electrons. The molecule has 18 heavy (non-hydrogen) atoms. The standard InChI is InChI=1S/C10H8ClF3N4/c1-6(11)9-15-16-17-18(9)8-4-2-3-7(5-8)10(12,13)14/h2-6H,1H3. The first-order valence-corrected chi connectivity index (χ1v) is 5.43. The fraction of sp³-hybridized carbons (Fsp3) is 0.300. The number of aromatic nitrogens is 4. The molecule has 1 aromatic heterocycles. The molecule has 0 radical (unpaired) electrons. The summed E-state index contributed by atoms with van der Waals surface area (Å²) in [5.41, 5.74) is -0.541. The lowest BCUT2D eigenvalue weighted by molar-refractivity contribution is -0.137. The minimum Gasteiger partial charge on any atom is -0.196 e. The summed E-state index contributed by atoms with van der Waals surface area (Å²) in [5.74, 6) is 0.288. The molecule has 1 heterocycles. The van der Waals surface area contributed by atoms with Gasteiger partial charge in [0.1, 0.15) is 0 Å². The van der Waals surface area contributed by atoms with Crippen molar-refractivity contribution in [3.63, 3.8) is 0 Å². The van der Waals surface area contributed by atoms with Crippen LogP contribution in [0.3, 0.4) is 0 Å². The van der Waals surface area contributed by atoms with Crippen molar-refractivity contribution in [3.8, 4) is 5.69 Å². The summed E-state index contributed by atoms with van der Waals surface area (Å²) in [7, 11) is 0. The molecule has 0 aliphatic heterocycles. The first kappa shape index (κ1) is 12.8. The highest BCUT2D eigenvalue weighted by Crippen LogP contribution is 2.30. The van der Waals surface area contributed by atoms with Gasteiger partial charge in [-0.3, -0.25) is 0 Å². The van der Waals surface area contributed by atoms with E-state index >= 15 is 0 Å². The molecule has 0 N–H and O–H groups in total. The zero-order valence-electron chi connectivity index (χ0n) is 9.19. The van der Waals surface area contributed by atoms with Gasteiger partial charge in [0.2, 0.25) is 0 Å². The second-order valence-electron chi connectivity index (χ2n) is 3.61. The third-order valence-electron chi connectivity index (χ3n) is 2.27. The third kappa shape index (κ3) is 2.45. The zero-order valence-corrected chi connectivity index (χ0v) is 9.94. The monoisotopic (exact) mass is 276 g/mol. The van der Waals surface area contributed by atoms with Crippen LogP contribution in [0.4, 0.5) is 13.2 Å². The molecule has 2 rings (SSSR count). The predicted octanol–water partition coefficient (Wildman–Crippen LogP) is 2.98. The van der Waals surface area contributed by atoms with Crippen LogP contribution in [0.1, 0.15) is 23.7 Å². The van der Waals surface area contributed by atoms with Crippen molar-refractivity contribution in [1.29, 1.82) is 0 Å². The van der Waals surface area contributed by atoms with Crippen LogP contribution in [-0.4, -0.2) is 20.2 Å². The molecule has 0 saturated carbocycles. The topological polar surface area (TPSA) is 43.6 Å². The Balaban J connectivity index is 2.48. The number of halogens is 4. The summed E-state index contributed by atoms with van der Waals surface area (Å²) >= 11 is 5.84. The Morgan fingerprint density at radius 2 is 2.06 bits per heavy atom. The van der Waals surface area contributed by atoms with Crippen molar-refractivity contribution in [2.24, 2.45) is 0 Å². The van der Waals surface area contributed by atoms with Crippen LogP contribution in [0.25, 0.3) is 5.69 Å². The van der Waals surface area contributed by atoms with E-state index in [2.05, 4.69) is 15.5 Å². The van der Waals surface area contributed by atoms with Crippen molar-refractivity contribution < 1.29 is 13.2 Å². The van der Waals surface area contributed by atoms with Crippen molar-refractivity contribution >= 4 is 11.6 Å². The lowest BCUT2D eigenvalue weighted by atomic mass is 10.2. The van der Waals surface area contributed by atoms with Gasteiger partial charge in [-0.2, -0.15) is 17.9 Å². The van der Waals surface area contributed by atoms with Crippen LogP contribution in [0, 0.1) is 0 Å². The molecule has 8 heteroatoms. The molecule has 0 aliphatic rings. The molecule has 1 unspecified atom stereocenters. The van der Waals surface area contributed by atoms with Gasteiger partial charge in [0.15, 0.2) is 5.82 Å². The Bertz CT molecular complexity index is 550. The fourth-order valence-corrected chi connectivity index (χ4v) is 1.58. The highest BCUT2D eigenvalue weighted by Gasteiger charge is 2.30. The average Bonchev–Trinajstić information content (AvgIpc) is 2.77. The van der Waals surface area contributed by atoms with Gasteiger partial charge in [-0.25, -0.2) is 0 Å². The third-order valence-corrected chi connectivity index (χ3v) is 2.46. The van der Waals surface area contributed by atoms with Crippen LogP contribution in [-0.2, 0) is 6.18 Å². The van der Waals surface area contributed by atoms with E-state index in [1.807, 2.05) is 0 Å². The number of benzene rings is 1. The van der Waals surface area contributed by atoms with E-state index in [4.69, 9.17) is 11.6 Å². The van der Waals surface area contributed by atoms with Crippen molar-refractivity contribution in [1.82, 2.24) is 20.2 Å². The minimum atomic E-state index is -4.41. The van der Waals surface area contributed by atoms with Crippen LogP contribution < -0.4 is 0 Å². The van der Waals surface area contributed by atoms with Crippen molar-refractivity contribution in [3.05, 3.63) is 35.7 Å². The molecule has 0 fully saturated rings. The van der Waals surface area contributed by atoms with Crippen molar-refractivity contribution in [2.75, 3.05) is 0 Å². The van der Waals surface area contributed by atoms with E-state index in [0.29, 0.717) is 0 Å². The van der Waals surface area contributed by atoms with Gasteiger partial charge in [0.25, 0.3) is 0 Å². The summed E-state index contributed by atoms with van der Waals surface area (Å²) in [5, 5.41) is 10.2. The van der Waals surface area contributed by atoms with Gasteiger partial charge in [-0.1, -0.05) is 6.07 Å². The normalized spacial score (nSPS) is 13.6. The molecule has 0 amide bonds.